The number of hydrogen-bond donors (Lipinski definition) is 3. The molecule has 0 aliphatic carbocycles. The summed E-state index contributed by atoms with van der Waals surface area (Å²) in [5.41, 5.74) is 0. The van der Waals surface area contributed by atoms with E-state index in [0.29, 0.717) is 6.42 Å². The van der Waals surface area contributed by atoms with Crippen molar-refractivity contribution >= 4 is 67.9 Å². The van der Waals surface area contributed by atoms with Crippen molar-refractivity contribution in [3.63, 3.8) is 0 Å². The summed E-state index contributed by atoms with van der Waals surface area (Å²) < 4.78 is 21.0. The van der Waals surface area contributed by atoms with Crippen LogP contribution in [0, 0.1) is 5.92 Å². The number of nitrogens with one attached hydrogen (secondary N) is 3. The molecule has 0 radical (unpaired) electrons. The average Bonchev–Trinajstić information content (AvgIpc) is 2.66. The Kier molecular flexibility index (Phi) is 7.01. The van der Waals surface area contributed by atoms with Crippen molar-refractivity contribution in [2.45, 2.75) is 36.3 Å². The van der Waals surface area contributed by atoms with Gasteiger partial charge in [0.25, 0.3) is 0 Å². The molecule has 0 aromatic heterocycles. The average molecular weight is 411 g/mol. The molecule has 1 aliphatic heterocycles. The zero-order valence-corrected chi connectivity index (χ0v) is 15.9. The maximum atomic E-state index is 11.7. The van der Waals surface area contributed by atoms with Crippen molar-refractivity contribution in [2.75, 3.05) is 11.5 Å². The SMILES string of the molecule is CC(C)C(=O)N[C@@H](NC(=S)N[C@H]1CCS(=O)(=O)C1)C(Cl)(Cl)Cl. The summed E-state index contributed by atoms with van der Waals surface area (Å²) in [4.78, 5) is 11.7. The van der Waals surface area contributed by atoms with Gasteiger partial charge in [-0.05, 0) is 18.6 Å². The number of carbonyl (C=O) groups is 1. The number of thiocarbonyl (C=S) groups is 1. The van der Waals surface area contributed by atoms with Crippen LogP contribution in [0.15, 0.2) is 0 Å². The molecule has 1 amide bonds. The van der Waals surface area contributed by atoms with E-state index in [1.54, 1.807) is 13.8 Å². The normalized spacial score (nSPS) is 22.2. The molecule has 1 saturated heterocycles. The van der Waals surface area contributed by atoms with Gasteiger partial charge < -0.3 is 16.0 Å². The fourth-order valence-electron chi connectivity index (χ4n) is 1.78. The monoisotopic (exact) mass is 409 g/mol. The molecule has 0 aromatic carbocycles. The molecule has 11 heteroatoms. The molecule has 1 rings (SSSR count). The number of alkyl halides is 3. The van der Waals surface area contributed by atoms with Crippen molar-refractivity contribution < 1.29 is 13.2 Å². The van der Waals surface area contributed by atoms with Crippen molar-refractivity contribution in [2.24, 2.45) is 5.92 Å². The van der Waals surface area contributed by atoms with Gasteiger partial charge in [-0.15, -0.1) is 0 Å². The molecule has 1 heterocycles. The van der Waals surface area contributed by atoms with E-state index in [4.69, 9.17) is 47.0 Å². The van der Waals surface area contributed by atoms with Gasteiger partial charge in [0.15, 0.2) is 14.9 Å². The summed E-state index contributed by atoms with van der Waals surface area (Å²) in [5.74, 6) is -0.482. The van der Waals surface area contributed by atoms with E-state index in [-0.39, 0.29) is 34.5 Å². The lowest BCUT2D eigenvalue weighted by molar-refractivity contribution is -0.124. The zero-order valence-electron chi connectivity index (χ0n) is 12.0. The predicted octanol–water partition coefficient (Wildman–Crippen LogP) is 1.11. The van der Waals surface area contributed by atoms with E-state index < -0.39 is 19.8 Å². The highest BCUT2D eigenvalue weighted by atomic mass is 35.6. The molecule has 0 saturated carbocycles. The number of sulfone groups is 1. The molecule has 0 spiro atoms. The van der Waals surface area contributed by atoms with Crippen LogP contribution in [0.1, 0.15) is 20.3 Å². The molecular formula is C11H18Cl3N3O3S2. The quantitative estimate of drug-likeness (QED) is 0.365. The molecule has 2 atom stereocenters. The van der Waals surface area contributed by atoms with Gasteiger partial charge in [-0.25, -0.2) is 8.42 Å². The highest BCUT2D eigenvalue weighted by molar-refractivity contribution is 7.91. The number of carbonyl (C=O) groups excluding carboxylic acids is 1. The second-order valence-electron chi connectivity index (χ2n) is 5.36. The first kappa shape index (κ1) is 20.0. The van der Waals surface area contributed by atoms with Crippen molar-refractivity contribution in [3.05, 3.63) is 0 Å². The van der Waals surface area contributed by atoms with Crippen LogP contribution in [0.4, 0.5) is 0 Å². The Morgan fingerprint density at radius 3 is 2.27 bits per heavy atom. The summed E-state index contributed by atoms with van der Waals surface area (Å²) in [5, 5.41) is 8.20. The van der Waals surface area contributed by atoms with Gasteiger partial charge >= 0.3 is 0 Å². The van der Waals surface area contributed by atoms with Crippen molar-refractivity contribution in [1.82, 2.24) is 16.0 Å². The minimum Gasteiger partial charge on any atom is -0.359 e. The molecular weight excluding hydrogens is 393 g/mol. The van der Waals surface area contributed by atoms with Gasteiger partial charge in [-0.3, -0.25) is 4.79 Å². The first-order valence-corrected chi connectivity index (χ1v) is 9.91. The molecule has 6 nitrogen and oxygen atoms in total. The number of amides is 1. The first-order chi connectivity index (χ1) is 9.90. The lowest BCUT2D eigenvalue weighted by atomic mass is 10.2. The van der Waals surface area contributed by atoms with Crippen molar-refractivity contribution in [1.29, 1.82) is 0 Å². The minimum atomic E-state index is -3.03. The Morgan fingerprint density at radius 1 is 1.27 bits per heavy atom. The largest absolute Gasteiger partial charge is 0.359 e. The summed E-state index contributed by atoms with van der Waals surface area (Å²) in [6, 6.07) is -0.290. The van der Waals surface area contributed by atoms with Gasteiger partial charge in [0.2, 0.25) is 9.70 Å². The number of halogens is 3. The summed E-state index contributed by atoms with van der Waals surface area (Å²) in [6.45, 7) is 3.40. The summed E-state index contributed by atoms with van der Waals surface area (Å²) in [6.07, 6.45) is -0.577. The van der Waals surface area contributed by atoms with Crippen LogP contribution < -0.4 is 16.0 Å². The third-order valence-corrected chi connectivity index (χ3v) is 5.64. The molecule has 0 aromatic rings. The summed E-state index contributed by atoms with van der Waals surface area (Å²) >= 11 is 22.6. The van der Waals surface area contributed by atoms with Crippen LogP contribution in [0.3, 0.4) is 0 Å². The fourth-order valence-corrected chi connectivity index (χ4v) is 4.06. The van der Waals surface area contributed by atoms with E-state index in [1.165, 1.54) is 0 Å². The number of hydrogen-bond acceptors (Lipinski definition) is 4. The van der Waals surface area contributed by atoms with E-state index in [0.717, 1.165) is 0 Å². The Morgan fingerprint density at radius 2 is 1.86 bits per heavy atom. The van der Waals surface area contributed by atoms with Gasteiger partial charge in [0.1, 0.15) is 6.17 Å². The summed E-state index contributed by atoms with van der Waals surface area (Å²) in [7, 11) is -3.03. The van der Waals surface area contributed by atoms with E-state index >= 15 is 0 Å². The van der Waals surface area contributed by atoms with Crippen LogP contribution >= 0.6 is 47.0 Å². The first-order valence-electron chi connectivity index (χ1n) is 6.55. The van der Waals surface area contributed by atoms with Crippen LogP contribution in [0.2, 0.25) is 0 Å². The molecule has 128 valence electrons. The predicted molar refractivity (Wildman–Crippen MR) is 93.0 cm³/mol. The van der Waals surface area contributed by atoms with Gasteiger partial charge in [-0.2, -0.15) is 0 Å². The van der Waals surface area contributed by atoms with Crippen LogP contribution in [-0.4, -0.2) is 46.9 Å². The molecule has 3 N–H and O–H groups in total. The maximum absolute atomic E-state index is 11.7. The topological polar surface area (TPSA) is 87.3 Å². The second-order valence-corrected chi connectivity index (χ2v) is 10.4. The van der Waals surface area contributed by atoms with Crippen LogP contribution in [0.5, 0.6) is 0 Å². The van der Waals surface area contributed by atoms with Gasteiger partial charge in [-0.1, -0.05) is 48.7 Å². The smallest absolute Gasteiger partial charge is 0.228 e. The molecule has 0 unspecified atom stereocenters. The molecule has 0 bridgehead atoms. The van der Waals surface area contributed by atoms with Crippen molar-refractivity contribution in [3.8, 4) is 0 Å². The Bertz CT molecular complexity index is 534. The highest BCUT2D eigenvalue weighted by Crippen LogP contribution is 2.29. The Hall–Kier alpha value is -0.0200. The second kappa shape index (κ2) is 7.70. The van der Waals surface area contributed by atoms with Crippen LogP contribution in [-0.2, 0) is 14.6 Å². The molecule has 1 aliphatic rings. The lowest BCUT2D eigenvalue weighted by Crippen LogP contribution is -2.59. The van der Waals surface area contributed by atoms with Gasteiger partial charge in [0, 0.05) is 12.0 Å². The van der Waals surface area contributed by atoms with Gasteiger partial charge in [0.05, 0.1) is 11.5 Å². The minimum absolute atomic E-state index is 0.00556. The Labute approximate surface area is 150 Å². The maximum Gasteiger partial charge on any atom is 0.228 e. The van der Waals surface area contributed by atoms with E-state index in [9.17, 15) is 13.2 Å². The third kappa shape index (κ3) is 6.62. The standard InChI is InChI=1S/C11H18Cl3N3O3S2/c1-6(2)8(18)16-9(11(12,13)14)17-10(21)15-7-3-4-22(19,20)5-7/h6-7,9H,3-5H2,1-2H3,(H,16,18)(H2,15,17,21)/t7-,9-/m0/s1. The fraction of sp³-hybridized carbons (Fsp3) is 0.818. The lowest BCUT2D eigenvalue weighted by Gasteiger charge is -2.29. The van der Waals surface area contributed by atoms with E-state index in [2.05, 4.69) is 16.0 Å². The van der Waals surface area contributed by atoms with E-state index in [1.807, 2.05) is 0 Å². The zero-order chi connectivity index (χ0) is 17.1. The Balaban J connectivity index is 2.62. The number of rotatable bonds is 4. The van der Waals surface area contributed by atoms with Crippen LogP contribution in [0.25, 0.3) is 0 Å². The molecule has 22 heavy (non-hydrogen) atoms. The molecule has 1 fully saturated rings. The third-order valence-electron chi connectivity index (χ3n) is 2.98. The highest BCUT2D eigenvalue weighted by Gasteiger charge is 2.36.